The van der Waals surface area contributed by atoms with Crippen LogP contribution < -0.4 is 5.73 Å². The third kappa shape index (κ3) is 3.21. The van der Waals surface area contributed by atoms with E-state index in [-0.39, 0.29) is 5.84 Å². The van der Waals surface area contributed by atoms with Crippen LogP contribution in [0.3, 0.4) is 0 Å². The van der Waals surface area contributed by atoms with Crippen molar-refractivity contribution in [1.82, 2.24) is 0 Å². The molecule has 0 aromatic heterocycles. The summed E-state index contributed by atoms with van der Waals surface area (Å²) >= 11 is 0. The highest BCUT2D eigenvalue weighted by Gasteiger charge is 1.98. The van der Waals surface area contributed by atoms with E-state index in [1.54, 1.807) is 0 Å². The van der Waals surface area contributed by atoms with Gasteiger partial charge < -0.3 is 5.73 Å². The zero-order valence-corrected chi connectivity index (χ0v) is 8.88. The van der Waals surface area contributed by atoms with Gasteiger partial charge in [0.2, 0.25) is 0 Å². The van der Waals surface area contributed by atoms with Crippen molar-refractivity contribution in [1.29, 1.82) is 5.41 Å². The van der Waals surface area contributed by atoms with Crippen LogP contribution in [0.1, 0.15) is 31.4 Å². The molecular weight excluding hydrogens is 172 g/mol. The zero-order chi connectivity index (χ0) is 10.6. The lowest BCUT2D eigenvalue weighted by Gasteiger charge is -2.05. The Morgan fingerprint density at radius 2 is 1.86 bits per heavy atom. The summed E-state index contributed by atoms with van der Waals surface area (Å²) in [4.78, 5) is 0. The second-order valence-corrected chi connectivity index (χ2v) is 4.04. The molecule has 0 fully saturated rings. The molecule has 0 aliphatic heterocycles. The number of nitrogens with two attached hydrogens (primary N) is 1. The van der Waals surface area contributed by atoms with Gasteiger partial charge in [-0.2, -0.15) is 0 Å². The van der Waals surface area contributed by atoms with Crippen molar-refractivity contribution in [2.45, 2.75) is 26.7 Å². The SMILES string of the molecule is CC(C)CCc1ccc(C(=N)N)cc1. The predicted octanol–water partition coefficient (Wildman–Crippen LogP) is 2.56. The topological polar surface area (TPSA) is 49.9 Å². The fraction of sp³-hybridized carbons (Fsp3) is 0.417. The van der Waals surface area contributed by atoms with Gasteiger partial charge in [-0.15, -0.1) is 0 Å². The Kier molecular flexibility index (Phi) is 3.69. The third-order valence-corrected chi connectivity index (χ3v) is 2.28. The van der Waals surface area contributed by atoms with Crippen molar-refractivity contribution in [3.8, 4) is 0 Å². The molecule has 2 heteroatoms. The number of aryl methyl sites for hydroxylation is 1. The van der Waals surface area contributed by atoms with Crippen LogP contribution in [0.5, 0.6) is 0 Å². The van der Waals surface area contributed by atoms with E-state index in [1.165, 1.54) is 12.0 Å². The first-order valence-corrected chi connectivity index (χ1v) is 5.03. The summed E-state index contributed by atoms with van der Waals surface area (Å²) in [6, 6.07) is 7.94. The van der Waals surface area contributed by atoms with Crippen LogP contribution in [-0.4, -0.2) is 5.84 Å². The van der Waals surface area contributed by atoms with Gasteiger partial charge >= 0.3 is 0 Å². The van der Waals surface area contributed by atoms with E-state index in [4.69, 9.17) is 11.1 Å². The van der Waals surface area contributed by atoms with E-state index in [1.807, 2.05) is 12.1 Å². The summed E-state index contributed by atoms with van der Waals surface area (Å²) in [6.45, 7) is 4.45. The lowest BCUT2D eigenvalue weighted by atomic mass is 10.0. The van der Waals surface area contributed by atoms with Crippen LogP contribution in [0.4, 0.5) is 0 Å². The summed E-state index contributed by atoms with van der Waals surface area (Å²) in [5.74, 6) is 0.878. The fourth-order valence-electron chi connectivity index (χ4n) is 1.31. The van der Waals surface area contributed by atoms with Crippen LogP contribution >= 0.6 is 0 Å². The summed E-state index contributed by atoms with van der Waals surface area (Å²) in [6.07, 6.45) is 2.31. The largest absolute Gasteiger partial charge is 0.384 e. The van der Waals surface area contributed by atoms with Crippen LogP contribution in [0.25, 0.3) is 0 Å². The molecule has 0 atom stereocenters. The maximum absolute atomic E-state index is 7.25. The Morgan fingerprint density at radius 1 is 1.29 bits per heavy atom. The number of benzene rings is 1. The first-order chi connectivity index (χ1) is 6.59. The average Bonchev–Trinajstić information content (AvgIpc) is 2.15. The number of amidine groups is 1. The molecule has 1 aromatic carbocycles. The van der Waals surface area contributed by atoms with Crippen molar-refractivity contribution in [3.05, 3.63) is 35.4 Å². The second-order valence-electron chi connectivity index (χ2n) is 4.04. The highest BCUT2D eigenvalue weighted by molar-refractivity contribution is 5.94. The van der Waals surface area contributed by atoms with Gasteiger partial charge in [-0.1, -0.05) is 38.1 Å². The molecule has 0 heterocycles. The van der Waals surface area contributed by atoms with Crippen LogP contribution in [0.2, 0.25) is 0 Å². The summed E-state index contributed by atoms with van der Waals surface area (Å²) < 4.78 is 0. The monoisotopic (exact) mass is 190 g/mol. The maximum Gasteiger partial charge on any atom is 0.122 e. The lowest BCUT2D eigenvalue weighted by molar-refractivity contribution is 0.587. The zero-order valence-electron chi connectivity index (χ0n) is 8.88. The quantitative estimate of drug-likeness (QED) is 0.556. The number of nitrogen functional groups attached to an aromatic ring is 1. The molecule has 2 nitrogen and oxygen atoms in total. The number of hydrogen-bond donors (Lipinski definition) is 2. The van der Waals surface area contributed by atoms with Crippen LogP contribution in [0.15, 0.2) is 24.3 Å². The summed E-state index contributed by atoms with van der Waals surface area (Å²) in [5, 5.41) is 7.25. The number of rotatable bonds is 4. The molecule has 1 rings (SSSR count). The normalized spacial score (nSPS) is 10.5. The van der Waals surface area contributed by atoms with E-state index in [0.29, 0.717) is 0 Å². The fourth-order valence-corrected chi connectivity index (χ4v) is 1.31. The molecule has 0 spiro atoms. The minimum absolute atomic E-state index is 0.139. The van der Waals surface area contributed by atoms with E-state index in [9.17, 15) is 0 Å². The average molecular weight is 190 g/mol. The molecule has 0 saturated carbocycles. The smallest absolute Gasteiger partial charge is 0.122 e. The molecule has 0 amide bonds. The highest BCUT2D eigenvalue weighted by atomic mass is 14.7. The Hall–Kier alpha value is -1.31. The first kappa shape index (κ1) is 10.8. The van der Waals surface area contributed by atoms with Gasteiger partial charge in [-0.3, -0.25) is 5.41 Å². The van der Waals surface area contributed by atoms with Crippen LogP contribution in [-0.2, 0) is 6.42 Å². The highest BCUT2D eigenvalue weighted by Crippen LogP contribution is 2.10. The van der Waals surface area contributed by atoms with Gasteiger partial charge in [0.25, 0.3) is 0 Å². The van der Waals surface area contributed by atoms with Crippen molar-refractivity contribution >= 4 is 5.84 Å². The molecule has 0 radical (unpaired) electrons. The van der Waals surface area contributed by atoms with Gasteiger partial charge in [0.15, 0.2) is 0 Å². The van der Waals surface area contributed by atoms with Crippen LogP contribution in [0, 0.1) is 11.3 Å². The Labute approximate surface area is 85.6 Å². The Morgan fingerprint density at radius 3 is 2.29 bits per heavy atom. The minimum Gasteiger partial charge on any atom is -0.384 e. The maximum atomic E-state index is 7.25. The standard InChI is InChI=1S/C12H18N2/c1-9(2)3-4-10-5-7-11(8-6-10)12(13)14/h5-9H,3-4H2,1-2H3,(H3,13,14). The Bertz CT molecular complexity index is 299. The van der Waals surface area contributed by atoms with E-state index in [0.717, 1.165) is 17.9 Å². The van der Waals surface area contributed by atoms with E-state index in [2.05, 4.69) is 26.0 Å². The molecule has 0 aliphatic carbocycles. The van der Waals surface area contributed by atoms with E-state index >= 15 is 0 Å². The third-order valence-electron chi connectivity index (χ3n) is 2.28. The van der Waals surface area contributed by atoms with E-state index < -0.39 is 0 Å². The molecule has 0 aliphatic rings. The van der Waals surface area contributed by atoms with Gasteiger partial charge in [-0.25, -0.2) is 0 Å². The van der Waals surface area contributed by atoms with Crippen molar-refractivity contribution in [2.75, 3.05) is 0 Å². The summed E-state index contributed by atoms with van der Waals surface area (Å²) in [5.41, 5.74) is 7.50. The summed E-state index contributed by atoms with van der Waals surface area (Å²) in [7, 11) is 0. The second kappa shape index (κ2) is 4.80. The van der Waals surface area contributed by atoms with Crippen molar-refractivity contribution < 1.29 is 0 Å². The number of nitrogens with one attached hydrogen (secondary N) is 1. The van der Waals surface area contributed by atoms with Gasteiger partial charge in [0.05, 0.1) is 0 Å². The molecule has 0 bridgehead atoms. The lowest BCUT2D eigenvalue weighted by Crippen LogP contribution is -2.10. The predicted molar refractivity (Wildman–Crippen MR) is 60.6 cm³/mol. The van der Waals surface area contributed by atoms with Gasteiger partial charge in [0, 0.05) is 5.56 Å². The van der Waals surface area contributed by atoms with Gasteiger partial charge in [-0.05, 0) is 24.3 Å². The molecule has 14 heavy (non-hydrogen) atoms. The van der Waals surface area contributed by atoms with Crippen molar-refractivity contribution in [2.24, 2.45) is 11.7 Å². The molecule has 3 N–H and O–H groups in total. The molecule has 0 unspecified atom stereocenters. The Balaban J connectivity index is 2.60. The molecule has 76 valence electrons. The molecule has 1 aromatic rings. The van der Waals surface area contributed by atoms with Gasteiger partial charge in [0.1, 0.15) is 5.84 Å². The number of hydrogen-bond acceptors (Lipinski definition) is 1. The first-order valence-electron chi connectivity index (χ1n) is 5.03. The molecular formula is C12H18N2. The minimum atomic E-state index is 0.139. The van der Waals surface area contributed by atoms with Crippen molar-refractivity contribution in [3.63, 3.8) is 0 Å². The molecule has 0 saturated heterocycles.